The smallest absolute Gasteiger partial charge is 0.240 e. The molecule has 10 atom stereocenters. The van der Waals surface area contributed by atoms with Gasteiger partial charge in [0.25, 0.3) is 0 Å². The SMILES string of the molecule is COc1ccc(C2=C[C@H]3CN[C@H](C(=O)N[C@@H]([C@H]4OC(SC)[C@H](O)C(O)[C@@H]4O)[C@H](C)Cl)[C@@H]3OCC2)cc1. The molecule has 36 heavy (non-hydrogen) atoms. The van der Waals surface area contributed by atoms with E-state index in [1.807, 2.05) is 24.3 Å². The Morgan fingerprint density at radius 2 is 1.94 bits per heavy atom. The van der Waals surface area contributed by atoms with E-state index in [2.05, 4.69) is 16.7 Å². The van der Waals surface area contributed by atoms with Crippen LogP contribution in [0.3, 0.4) is 0 Å². The first-order chi connectivity index (χ1) is 17.2. The molecule has 9 nitrogen and oxygen atoms in total. The van der Waals surface area contributed by atoms with Crippen LogP contribution >= 0.6 is 23.4 Å². The van der Waals surface area contributed by atoms with Gasteiger partial charge >= 0.3 is 0 Å². The largest absolute Gasteiger partial charge is 0.497 e. The Morgan fingerprint density at radius 3 is 2.58 bits per heavy atom. The van der Waals surface area contributed by atoms with Crippen LogP contribution in [0.1, 0.15) is 18.9 Å². The number of aliphatic hydroxyl groups is 3. The maximum absolute atomic E-state index is 13.4. The molecule has 11 heteroatoms. The van der Waals surface area contributed by atoms with Gasteiger partial charge in [-0.25, -0.2) is 0 Å². The monoisotopic (exact) mass is 542 g/mol. The number of benzene rings is 1. The molecule has 4 rings (SSSR count). The van der Waals surface area contributed by atoms with Crippen molar-refractivity contribution in [2.45, 2.75) is 66.8 Å². The van der Waals surface area contributed by atoms with Crippen LogP contribution in [0.15, 0.2) is 30.3 Å². The number of amides is 1. The predicted octanol–water partition coefficient (Wildman–Crippen LogP) is 0.738. The molecule has 5 N–H and O–H groups in total. The zero-order chi connectivity index (χ0) is 26.0. The van der Waals surface area contributed by atoms with Crippen molar-refractivity contribution in [1.29, 1.82) is 0 Å². The molecule has 1 aromatic rings. The highest BCUT2D eigenvalue weighted by Crippen LogP contribution is 2.33. The van der Waals surface area contributed by atoms with Crippen LogP contribution in [0.2, 0.25) is 0 Å². The molecular weight excluding hydrogens is 508 g/mol. The summed E-state index contributed by atoms with van der Waals surface area (Å²) in [5.74, 6) is 0.474. The van der Waals surface area contributed by atoms with Gasteiger partial charge < -0.3 is 40.2 Å². The van der Waals surface area contributed by atoms with Crippen LogP contribution in [-0.2, 0) is 14.3 Å². The van der Waals surface area contributed by atoms with Crippen molar-refractivity contribution in [2.75, 3.05) is 26.5 Å². The summed E-state index contributed by atoms with van der Waals surface area (Å²) in [7, 11) is 1.64. The number of fused-ring (bicyclic) bond motifs is 1. The summed E-state index contributed by atoms with van der Waals surface area (Å²) in [6.07, 6.45) is -0.811. The zero-order valence-corrected chi connectivity index (χ0v) is 22.1. The Labute approximate surface area is 220 Å². The number of carbonyl (C=O) groups excluding carboxylic acids is 1. The molecule has 0 aromatic heterocycles. The summed E-state index contributed by atoms with van der Waals surface area (Å²) in [5, 5.41) is 36.7. The van der Waals surface area contributed by atoms with Gasteiger partial charge in [0.15, 0.2) is 0 Å². The molecule has 0 saturated carbocycles. The molecule has 2 fully saturated rings. The van der Waals surface area contributed by atoms with E-state index < -0.39 is 47.3 Å². The number of hydrogen-bond donors (Lipinski definition) is 5. The lowest BCUT2D eigenvalue weighted by Gasteiger charge is -2.44. The minimum atomic E-state index is -1.42. The Kier molecular flexibility index (Phi) is 9.22. The van der Waals surface area contributed by atoms with Crippen LogP contribution in [0, 0.1) is 5.92 Å². The number of ether oxygens (including phenoxy) is 3. The molecule has 0 radical (unpaired) electrons. The zero-order valence-electron chi connectivity index (χ0n) is 20.5. The number of nitrogens with one attached hydrogen (secondary N) is 2. The number of aliphatic hydroxyl groups excluding tert-OH is 3. The van der Waals surface area contributed by atoms with E-state index >= 15 is 0 Å². The van der Waals surface area contributed by atoms with Crippen molar-refractivity contribution in [3.05, 3.63) is 35.9 Å². The van der Waals surface area contributed by atoms with Crippen molar-refractivity contribution in [3.8, 4) is 5.75 Å². The summed E-state index contributed by atoms with van der Waals surface area (Å²) in [6.45, 7) is 2.74. The topological polar surface area (TPSA) is 130 Å². The Morgan fingerprint density at radius 1 is 1.22 bits per heavy atom. The highest BCUT2D eigenvalue weighted by molar-refractivity contribution is 7.99. The van der Waals surface area contributed by atoms with Crippen molar-refractivity contribution < 1.29 is 34.3 Å². The summed E-state index contributed by atoms with van der Waals surface area (Å²) in [6, 6.07) is 6.47. The minimum absolute atomic E-state index is 0.00147. The molecule has 200 valence electrons. The van der Waals surface area contributed by atoms with Gasteiger partial charge in [0.2, 0.25) is 5.91 Å². The first kappa shape index (κ1) is 27.7. The van der Waals surface area contributed by atoms with Gasteiger partial charge in [-0.1, -0.05) is 18.2 Å². The first-order valence-corrected chi connectivity index (χ1v) is 13.8. The highest BCUT2D eigenvalue weighted by Gasteiger charge is 2.49. The van der Waals surface area contributed by atoms with Crippen LogP contribution in [0.4, 0.5) is 0 Å². The van der Waals surface area contributed by atoms with E-state index in [1.54, 1.807) is 20.3 Å². The van der Waals surface area contributed by atoms with Gasteiger partial charge in [-0.2, -0.15) is 0 Å². The van der Waals surface area contributed by atoms with Crippen molar-refractivity contribution in [3.63, 3.8) is 0 Å². The highest BCUT2D eigenvalue weighted by atomic mass is 35.5. The maximum Gasteiger partial charge on any atom is 0.240 e. The molecular formula is C25H35ClN2O7S. The van der Waals surface area contributed by atoms with E-state index in [0.29, 0.717) is 13.2 Å². The lowest BCUT2D eigenvalue weighted by molar-refractivity contribution is -0.205. The molecule has 0 spiro atoms. The minimum Gasteiger partial charge on any atom is -0.497 e. The predicted molar refractivity (Wildman–Crippen MR) is 138 cm³/mol. The molecule has 1 amide bonds. The lowest BCUT2D eigenvalue weighted by Crippen LogP contribution is -2.65. The third-order valence-electron chi connectivity index (χ3n) is 7.16. The molecule has 0 bridgehead atoms. The van der Waals surface area contributed by atoms with Gasteiger partial charge in [-0.05, 0) is 42.9 Å². The van der Waals surface area contributed by atoms with Gasteiger partial charge in [0, 0.05) is 12.5 Å². The Bertz CT molecular complexity index is 931. The molecule has 3 heterocycles. The van der Waals surface area contributed by atoms with Crippen molar-refractivity contribution in [2.24, 2.45) is 5.92 Å². The van der Waals surface area contributed by atoms with E-state index in [1.165, 1.54) is 11.8 Å². The Hall–Kier alpha value is -1.37. The molecule has 2 unspecified atom stereocenters. The molecule has 2 saturated heterocycles. The molecule has 3 aliphatic heterocycles. The quantitative estimate of drug-likeness (QED) is 0.317. The maximum atomic E-state index is 13.4. The lowest BCUT2D eigenvalue weighted by atomic mass is 9.92. The summed E-state index contributed by atoms with van der Waals surface area (Å²) < 4.78 is 17.3. The number of methoxy groups -OCH3 is 1. The first-order valence-electron chi connectivity index (χ1n) is 12.1. The fourth-order valence-corrected chi connectivity index (χ4v) is 6.01. The van der Waals surface area contributed by atoms with Crippen LogP contribution in [-0.4, -0.2) is 101 Å². The van der Waals surface area contributed by atoms with Crippen LogP contribution in [0.5, 0.6) is 5.75 Å². The van der Waals surface area contributed by atoms with Crippen LogP contribution in [0.25, 0.3) is 5.57 Å². The number of thioether (sulfide) groups is 1. The standard InChI is InChI=1S/C25H35ClN2O7S/c1-12(26)17(23-20(30)19(29)21(31)25(35-23)36-3)28-24(32)18-22-15(11-27-18)10-14(8-9-34-22)13-4-6-16(33-2)7-5-13/h4-7,10,12,15,17-23,25,27,29-31H,8-9,11H2,1-3H3,(H,28,32)/t12-,15-,17+,18-,19?,20-,21+,22+,23+,25?/m0/s1. The van der Waals surface area contributed by atoms with Gasteiger partial charge in [0.05, 0.1) is 31.2 Å². The third kappa shape index (κ3) is 5.71. The normalized spacial score (nSPS) is 36.2. The average Bonchev–Trinajstić information content (AvgIpc) is 3.16. The van der Waals surface area contributed by atoms with Crippen LogP contribution < -0.4 is 15.4 Å². The second-order valence-electron chi connectivity index (χ2n) is 9.44. The second kappa shape index (κ2) is 12.0. The molecule has 3 aliphatic rings. The van der Waals surface area contributed by atoms with E-state index in [9.17, 15) is 20.1 Å². The third-order valence-corrected chi connectivity index (χ3v) is 8.29. The molecule has 1 aromatic carbocycles. The number of halogens is 1. The summed E-state index contributed by atoms with van der Waals surface area (Å²) >= 11 is 7.62. The molecule has 0 aliphatic carbocycles. The number of rotatable bonds is 7. The summed E-state index contributed by atoms with van der Waals surface area (Å²) in [5.41, 5.74) is 1.50. The van der Waals surface area contributed by atoms with Gasteiger partial charge in [-0.15, -0.1) is 23.4 Å². The van der Waals surface area contributed by atoms with E-state index in [-0.39, 0.29) is 17.9 Å². The van der Waals surface area contributed by atoms with E-state index in [4.69, 9.17) is 25.8 Å². The van der Waals surface area contributed by atoms with E-state index in [0.717, 1.165) is 23.3 Å². The number of carbonyl (C=O) groups is 1. The fourth-order valence-electron chi connectivity index (χ4n) is 5.13. The van der Waals surface area contributed by atoms with Crippen molar-refractivity contribution in [1.82, 2.24) is 10.6 Å². The Balaban J connectivity index is 1.47. The van der Waals surface area contributed by atoms with Crippen molar-refractivity contribution >= 4 is 34.8 Å². The van der Waals surface area contributed by atoms with Gasteiger partial charge in [-0.3, -0.25) is 4.79 Å². The fraction of sp³-hybridized carbons (Fsp3) is 0.640. The summed E-state index contributed by atoms with van der Waals surface area (Å²) in [4.78, 5) is 13.4. The second-order valence-corrected chi connectivity index (χ2v) is 11.1. The number of hydrogen-bond acceptors (Lipinski definition) is 9. The van der Waals surface area contributed by atoms with Gasteiger partial charge in [0.1, 0.15) is 41.6 Å². The number of alkyl halides is 1. The average molecular weight is 543 g/mol.